The maximum atomic E-state index is 12.1. The Hall–Kier alpha value is -0.860. The van der Waals surface area contributed by atoms with E-state index in [1.54, 1.807) is 4.90 Å². The van der Waals surface area contributed by atoms with Crippen LogP contribution in [0.15, 0.2) is 0 Å². The minimum absolute atomic E-state index is 0.0524. The highest BCUT2D eigenvalue weighted by molar-refractivity contribution is 7.91. The van der Waals surface area contributed by atoms with Crippen molar-refractivity contribution in [3.05, 3.63) is 0 Å². The van der Waals surface area contributed by atoms with Crippen molar-refractivity contribution in [1.82, 2.24) is 10.2 Å². The molecule has 7 nitrogen and oxygen atoms in total. The lowest BCUT2D eigenvalue weighted by Crippen LogP contribution is -2.50. The monoisotopic (exact) mass is 318 g/mol. The number of nitrogens with zero attached hydrogens (tertiary/aromatic N) is 1. The Kier molecular flexibility index (Phi) is 4.11. The van der Waals surface area contributed by atoms with Crippen LogP contribution in [0, 0.1) is 5.92 Å². The number of urea groups is 1. The molecular formula is C13H22N2O5S. The van der Waals surface area contributed by atoms with Gasteiger partial charge in [-0.15, -0.1) is 0 Å². The number of carbonyl (C=O) groups excluding carboxylic acids is 1. The smallest absolute Gasteiger partial charge is 0.317 e. The predicted octanol–water partition coefficient (Wildman–Crippen LogP) is -0.0304. The molecule has 1 N–H and O–H groups in total. The lowest BCUT2D eigenvalue weighted by molar-refractivity contribution is -0.181. The Balaban J connectivity index is 1.42. The Morgan fingerprint density at radius 2 is 1.90 bits per heavy atom. The van der Waals surface area contributed by atoms with Gasteiger partial charge in [-0.3, -0.25) is 0 Å². The first-order valence-corrected chi connectivity index (χ1v) is 9.31. The highest BCUT2D eigenvalue weighted by Crippen LogP contribution is 2.31. The minimum Gasteiger partial charge on any atom is -0.347 e. The summed E-state index contributed by atoms with van der Waals surface area (Å²) in [4.78, 5) is 13.9. The van der Waals surface area contributed by atoms with Crippen LogP contribution in [0.5, 0.6) is 0 Å². The molecule has 120 valence electrons. The normalized spacial score (nSPS) is 30.7. The summed E-state index contributed by atoms with van der Waals surface area (Å²) in [5.41, 5.74) is 0. The van der Waals surface area contributed by atoms with Gasteiger partial charge in [0, 0.05) is 32.5 Å². The number of ether oxygens (including phenoxy) is 2. The Bertz CT molecular complexity index is 491. The highest BCUT2D eigenvalue weighted by atomic mass is 32.2. The number of rotatable bonds is 2. The fourth-order valence-corrected chi connectivity index (χ4v) is 5.07. The van der Waals surface area contributed by atoms with E-state index in [0.717, 1.165) is 0 Å². The van der Waals surface area contributed by atoms with Crippen LogP contribution < -0.4 is 5.32 Å². The second-order valence-electron chi connectivity index (χ2n) is 6.05. The van der Waals surface area contributed by atoms with Gasteiger partial charge in [-0.1, -0.05) is 0 Å². The number of piperidine rings is 1. The highest BCUT2D eigenvalue weighted by Gasteiger charge is 2.40. The maximum Gasteiger partial charge on any atom is 0.317 e. The summed E-state index contributed by atoms with van der Waals surface area (Å²) in [5, 5.41) is 2.85. The largest absolute Gasteiger partial charge is 0.347 e. The zero-order valence-electron chi connectivity index (χ0n) is 12.0. The third kappa shape index (κ3) is 3.49. The van der Waals surface area contributed by atoms with E-state index in [-0.39, 0.29) is 23.5 Å². The van der Waals surface area contributed by atoms with E-state index in [4.69, 9.17) is 9.47 Å². The van der Waals surface area contributed by atoms with Crippen LogP contribution in [0.3, 0.4) is 0 Å². The van der Waals surface area contributed by atoms with Crippen LogP contribution in [0.25, 0.3) is 0 Å². The number of likely N-dealkylation sites (tertiary alicyclic amines) is 1. The van der Waals surface area contributed by atoms with Crippen molar-refractivity contribution in [3.63, 3.8) is 0 Å². The third-order valence-electron chi connectivity index (χ3n) is 4.49. The standard InChI is InChI=1S/C13H22N2O5S/c16-12(14-9-11-1-8-21(17,18)10-11)15-4-2-13(3-5-15)19-6-7-20-13/h11H,1-10H2,(H,14,16). The van der Waals surface area contributed by atoms with E-state index < -0.39 is 15.6 Å². The first-order chi connectivity index (χ1) is 9.98. The minimum atomic E-state index is -2.88. The van der Waals surface area contributed by atoms with Gasteiger partial charge in [-0.25, -0.2) is 13.2 Å². The molecule has 0 saturated carbocycles. The fourth-order valence-electron chi connectivity index (χ4n) is 3.21. The second-order valence-corrected chi connectivity index (χ2v) is 8.28. The van der Waals surface area contributed by atoms with Crippen molar-refractivity contribution >= 4 is 15.9 Å². The summed E-state index contributed by atoms with van der Waals surface area (Å²) in [7, 11) is -2.88. The number of hydrogen-bond donors (Lipinski definition) is 1. The second kappa shape index (κ2) is 5.73. The van der Waals surface area contributed by atoms with Crippen molar-refractivity contribution in [2.24, 2.45) is 5.92 Å². The van der Waals surface area contributed by atoms with Crippen LogP contribution in [0.2, 0.25) is 0 Å². The van der Waals surface area contributed by atoms with Gasteiger partial charge in [0.2, 0.25) is 0 Å². The Labute approximate surface area is 124 Å². The molecule has 3 aliphatic rings. The molecule has 3 fully saturated rings. The summed E-state index contributed by atoms with van der Waals surface area (Å²) in [6.45, 7) is 2.90. The number of sulfone groups is 1. The predicted molar refractivity (Wildman–Crippen MR) is 75.6 cm³/mol. The zero-order valence-corrected chi connectivity index (χ0v) is 12.9. The van der Waals surface area contributed by atoms with Crippen molar-refractivity contribution in [3.8, 4) is 0 Å². The molecule has 0 aromatic heterocycles. The average Bonchev–Trinajstić information content (AvgIpc) is 3.04. The third-order valence-corrected chi connectivity index (χ3v) is 6.33. The van der Waals surface area contributed by atoms with Gasteiger partial charge in [0.25, 0.3) is 0 Å². The Morgan fingerprint density at radius 1 is 1.24 bits per heavy atom. The van der Waals surface area contributed by atoms with E-state index in [2.05, 4.69) is 5.32 Å². The SMILES string of the molecule is O=C(NCC1CCS(=O)(=O)C1)N1CCC2(CC1)OCCO2. The van der Waals surface area contributed by atoms with Gasteiger partial charge in [0.1, 0.15) is 0 Å². The van der Waals surface area contributed by atoms with Gasteiger partial charge in [-0.2, -0.15) is 0 Å². The number of hydrogen-bond acceptors (Lipinski definition) is 5. The fraction of sp³-hybridized carbons (Fsp3) is 0.923. The summed E-state index contributed by atoms with van der Waals surface area (Å²) in [6.07, 6.45) is 2.03. The molecule has 1 unspecified atom stereocenters. The van der Waals surface area contributed by atoms with Crippen molar-refractivity contribution in [1.29, 1.82) is 0 Å². The molecule has 0 radical (unpaired) electrons. The molecule has 0 aromatic rings. The average molecular weight is 318 g/mol. The van der Waals surface area contributed by atoms with Gasteiger partial charge in [0.05, 0.1) is 24.7 Å². The molecule has 0 bridgehead atoms. The number of amides is 2. The lowest BCUT2D eigenvalue weighted by atomic mass is 10.0. The summed E-state index contributed by atoms with van der Waals surface area (Å²) >= 11 is 0. The van der Waals surface area contributed by atoms with Crippen LogP contribution in [0.1, 0.15) is 19.3 Å². The summed E-state index contributed by atoms with van der Waals surface area (Å²) < 4.78 is 34.0. The van der Waals surface area contributed by atoms with Crippen LogP contribution in [-0.2, 0) is 19.3 Å². The van der Waals surface area contributed by atoms with E-state index in [9.17, 15) is 13.2 Å². The van der Waals surface area contributed by atoms with Crippen LogP contribution in [-0.4, -0.2) is 69.5 Å². The molecule has 2 amide bonds. The lowest BCUT2D eigenvalue weighted by Gasteiger charge is -2.37. The van der Waals surface area contributed by atoms with E-state index >= 15 is 0 Å². The van der Waals surface area contributed by atoms with E-state index in [1.165, 1.54) is 0 Å². The molecule has 0 aliphatic carbocycles. The van der Waals surface area contributed by atoms with E-state index in [1.807, 2.05) is 0 Å². The first kappa shape index (κ1) is 15.1. The molecule has 3 heterocycles. The topological polar surface area (TPSA) is 84.9 Å². The quantitative estimate of drug-likeness (QED) is 0.773. The van der Waals surface area contributed by atoms with Crippen molar-refractivity contribution in [2.45, 2.75) is 25.0 Å². The van der Waals surface area contributed by atoms with Crippen LogP contribution >= 0.6 is 0 Å². The molecule has 21 heavy (non-hydrogen) atoms. The van der Waals surface area contributed by atoms with Gasteiger partial charge in [-0.05, 0) is 12.3 Å². The van der Waals surface area contributed by atoms with Gasteiger partial charge in [0.15, 0.2) is 15.6 Å². The molecule has 3 rings (SSSR count). The summed E-state index contributed by atoms with van der Waals surface area (Å²) in [6, 6.07) is -0.118. The molecule has 3 saturated heterocycles. The van der Waals surface area contributed by atoms with Gasteiger partial charge < -0.3 is 19.7 Å². The molecule has 8 heteroatoms. The van der Waals surface area contributed by atoms with Crippen molar-refractivity contribution < 1.29 is 22.7 Å². The molecular weight excluding hydrogens is 296 g/mol. The molecule has 1 spiro atoms. The zero-order chi connectivity index (χ0) is 14.9. The van der Waals surface area contributed by atoms with Gasteiger partial charge >= 0.3 is 6.03 Å². The molecule has 3 aliphatic heterocycles. The summed E-state index contributed by atoms with van der Waals surface area (Å²) in [5.74, 6) is 0.0135. The van der Waals surface area contributed by atoms with Crippen LogP contribution in [0.4, 0.5) is 4.79 Å². The number of carbonyl (C=O) groups is 1. The van der Waals surface area contributed by atoms with Crippen molar-refractivity contribution in [2.75, 3.05) is 44.4 Å². The molecule has 1 atom stereocenters. The maximum absolute atomic E-state index is 12.1. The number of nitrogens with one attached hydrogen (secondary N) is 1. The van der Waals surface area contributed by atoms with E-state index in [0.29, 0.717) is 52.1 Å². The Morgan fingerprint density at radius 3 is 2.48 bits per heavy atom. The first-order valence-electron chi connectivity index (χ1n) is 7.49. The molecule has 0 aromatic carbocycles.